The first-order valence-corrected chi connectivity index (χ1v) is 3.86. The molecule has 5 heteroatoms. The molecule has 0 saturated heterocycles. The molecule has 0 aliphatic heterocycles. The van der Waals surface area contributed by atoms with Crippen LogP contribution in [0.4, 0.5) is 5.69 Å². The van der Waals surface area contributed by atoms with E-state index in [9.17, 15) is 14.9 Å². The van der Waals surface area contributed by atoms with Gasteiger partial charge in [0.25, 0.3) is 12.0 Å². The highest BCUT2D eigenvalue weighted by molar-refractivity contribution is 5.89. The number of nitro benzene ring substituents is 1. The van der Waals surface area contributed by atoms with Crippen molar-refractivity contribution in [2.75, 3.05) is 0 Å². The van der Waals surface area contributed by atoms with Crippen molar-refractivity contribution in [3.63, 3.8) is 0 Å². The van der Waals surface area contributed by atoms with Crippen LogP contribution >= 0.6 is 0 Å². The third kappa shape index (κ3) is 1.24. The minimum atomic E-state index is -0.475. The number of nitro groups is 1. The van der Waals surface area contributed by atoms with Crippen molar-refractivity contribution < 1.29 is 9.72 Å². The molecule has 1 N–H and O–H groups in total. The van der Waals surface area contributed by atoms with Crippen molar-refractivity contribution in [2.24, 2.45) is 0 Å². The van der Waals surface area contributed by atoms with Crippen LogP contribution in [-0.2, 0) is 4.79 Å². The van der Waals surface area contributed by atoms with Gasteiger partial charge >= 0.3 is 0 Å². The molecule has 0 bridgehead atoms. The number of aromatic amines is 1. The monoisotopic (exact) mass is 189 g/mol. The Labute approximate surface area is 78.5 Å². The molecule has 0 saturated carbocycles. The molecule has 69 valence electrons. The molecule has 0 amide bonds. The van der Waals surface area contributed by atoms with Gasteiger partial charge in [0.05, 0.1) is 10.6 Å². The third-order valence-electron chi connectivity index (χ3n) is 1.93. The van der Waals surface area contributed by atoms with Gasteiger partial charge in [0.1, 0.15) is 0 Å². The van der Waals surface area contributed by atoms with Crippen molar-refractivity contribution in [3.8, 4) is 0 Å². The standard InChI is InChI=1S/C9H5N2O3/c12-5-7-3-6-4-8(11(13)14)1-2-9(6)10-7/h1-4,10H. The molecule has 0 aliphatic rings. The maximum atomic E-state index is 10.4. The van der Waals surface area contributed by atoms with Gasteiger partial charge in [-0.1, -0.05) is 0 Å². The van der Waals surface area contributed by atoms with Gasteiger partial charge in [-0.25, -0.2) is 0 Å². The van der Waals surface area contributed by atoms with Crippen LogP contribution in [-0.4, -0.2) is 16.2 Å². The normalized spacial score (nSPS) is 10.3. The summed E-state index contributed by atoms with van der Waals surface area (Å²) in [6, 6.07) is 5.88. The van der Waals surface area contributed by atoms with Crippen LogP contribution in [0, 0.1) is 10.1 Å². The van der Waals surface area contributed by atoms with Crippen LogP contribution in [0.2, 0.25) is 0 Å². The molecule has 5 nitrogen and oxygen atoms in total. The highest BCUT2D eigenvalue weighted by atomic mass is 16.6. The molecular formula is C9H5N2O3. The smallest absolute Gasteiger partial charge is 0.270 e. The largest absolute Gasteiger partial charge is 0.352 e. The summed E-state index contributed by atoms with van der Waals surface area (Å²) < 4.78 is 0. The van der Waals surface area contributed by atoms with Crippen molar-refractivity contribution in [1.29, 1.82) is 0 Å². The lowest BCUT2D eigenvalue weighted by Gasteiger charge is -1.90. The molecule has 0 spiro atoms. The van der Waals surface area contributed by atoms with Gasteiger partial charge in [0.15, 0.2) is 0 Å². The fourth-order valence-corrected chi connectivity index (χ4v) is 1.29. The number of non-ortho nitro benzene ring substituents is 1. The maximum Gasteiger partial charge on any atom is 0.270 e. The number of nitrogens with zero attached hydrogens (tertiary/aromatic N) is 1. The second-order valence-corrected chi connectivity index (χ2v) is 2.81. The average Bonchev–Trinajstić information content (AvgIpc) is 2.58. The Bertz CT molecular complexity index is 516. The number of hydrogen-bond acceptors (Lipinski definition) is 3. The summed E-state index contributed by atoms with van der Waals surface area (Å²) in [7, 11) is 0. The van der Waals surface area contributed by atoms with Crippen LogP contribution in [0.3, 0.4) is 0 Å². The maximum absolute atomic E-state index is 10.4. The number of nitrogens with one attached hydrogen (secondary N) is 1. The SMILES string of the molecule is O=[C]c1cc2cc([N+](=O)[O-])ccc2[nH]1. The first-order valence-electron chi connectivity index (χ1n) is 3.86. The van der Waals surface area contributed by atoms with E-state index >= 15 is 0 Å². The lowest BCUT2D eigenvalue weighted by molar-refractivity contribution is -0.384. The van der Waals surface area contributed by atoms with E-state index in [1.54, 1.807) is 12.4 Å². The summed E-state index contributed by atoms with van der Waals surface area (Å²) in [6.45, 7) is 0. The molecule has 2 rings (SSSR count). The lowest BCUT2D eigenvalue weighted by Crippen LogP contribution is -1.86. The molecule has 0 aliphatic carbocycles. The zero-order valence-corrected chi connectivity index (χ0v) is 6.98. The van der Waals surface area contributed by atoms with Crippen molar-refractivity contribution in [1.82, 2.24) is 4.98 Å². The second-order valence-electron chi connectivity index (χ2n) is 2.81. The molecule has 1 aromatic heterocycles. The van der Waals surface area contributed by atoms with Gasteiger partial charge < -0.3 is 4.98 Å². The first kappa shape index (κ1) is 8.43. The molecule has 1 radical (unpaired) electrons. The van der Waals surface area contributed by atoms with Gasteiger partial charge in [-0.2, -0.15) is 0 Å². The molecular weight excluding hydrogens is 184 g/mol. The van der Waals surface area contributed by atoms with Gasteiger partial charge in [-0.15, -0.1) is 0 Å². The summed E-state index contributed by atoms with van der Waals surface area (Å²) in [4.78, 5) is 23.0. The Kier molecular flexibility index (Phi) is 1.78. The van der Waals surface area contributed by atoms with Crippen LogP contribution in [0.1, 0.15) is 5.69 Å². The van der Waals surface area contributed by atoms with Gasteiger partial charge in [0, 0.05) is 23.0 Å². The van der Waals surface area contributed by atoms with Crippen molar-refractivity contribution >= 4 is 22.9 Å². The van der Waals surface area contributed by atoms with Crippen LogP contribution in [0.5, 0.6) is 0 Å². The minimum Gasteiger partial charge on any atom is -0.352 e. The molecule has 1 heterocycles. The first-order chi connectivity index (χ1) is 6.70. The van der Waals surface area contributed by atoms with Crippen LogP contribution in [0.25, 0.3) is 10.9 Å². The molecule has 0 fully saturated rings. The molecule has 2 aromatic rings. The highest BCUT2D eigenvalue weighted by Gasteiger charge is 2.07. The molecule has 1 aromatic carbocycles. The van der Waals surface area contributed by atoms with E-state index in [1.165, 1.54) is 18.2 Å². The van der Waals surface area contributed by atoms with Gasteiger partial charge in [-0.05, 0) is 12.1 Å². The minimum absolute atomic E-state index is 0.00829. The van der Waals surface area contributed by atoms with Crippen LogP contribution < -0.4 is 0 Å². The molecule has 14 heavy (non-hydrogen) atoms. The number of H-pyrrole nitrogens is 1. The topological polar surface area (TPSA) is 76.0 Å². The molecule has 0 unspecified atom stereocenters. The van der Waals surface area contributed by atoms with Gasteiger partial charge in [0.2, 0.25) is 0 Å². The summed E-state index contributed by atoms with van der Waals surface area (Å²) >= 11 is 0. The fraction of sp³-hybridized carbons (Fsp3) is 0. The number of benzene rings is 1. The number of fused-ring (bicyclic) bond motifs is 1. The Morgan fingerprint density at radius 2 is 2.14 bits per heavy atom. The number of carbonyl (C=O) groups excluding carboxylic acids is 1. The van der Waals surface area contributed by atoms with E-state index < -0.39 is 4.92 Å². The zero-order chi connectivity index (χ0) is 10.1. The van der Waals surface area contributed by atoms with Crippen molar-refractivity contribution in [3.05, 3.63) is 40.1 Å². The Balaban J connectivity index is 2.65. The average molecular weight is 189 g/mol. The Morgan fingerprint density at radius 3 is 2.79 bits per heavy atom. The zero-order valence-electron chi connectivity index (χ0n) is 6.98. The summed E-state index contributed by atoms with van der Waals surface area (Å²) in [5.41, 5.74) is 0.989. The summed E-state index contributed by atoms with van der Waals surface area (Å²) in [5.74, 6) is 0. The third-order valence-corrected chi connectivity index (χ3v) is 1.93. The highest BCUT2D eigenvalue weighted by Crippen LogP contribution is 2.20. The summed E-state index contributed by atoms with van der Waals surface area (Å²) in [6.07, 6.45) is 1.69. The van der Waals surface area contributed by atoms with Gasteiger partial charge in [-0.3, -0.25) is 14.9 Å². The van der Waals surface area contributed by atoms with E-state index in [1.807, 2.05) is 0 Å². The van der Waals surface area contributed by atoms with Crippen LogP contribution in [0.15, 0.2) is 24.3 Å². The van der Waals surface area contributed by atoms with E-state index in [2.05, 4.69) is 4.98 Å². The van der Waals surface area contributed by atoms with E-state index in [0.717, 1.165) is 0 Å². The fourth-order valence-electron chi connectivity index (χ4n) is 1.29. The number of aromatic nitrogens is 1. The Morgan fingerprint density at radius 1 is 1.36 bits per heavy atom. The number of rotatable bonds is 2. The van der Waals surface area contributed by atoms with E-state index in [-0.39, 0.29) is 5.69 Å². The second kappa shape index (κ2) is 2.95. The number of hydrogen-bond donors (Lipinski definition) is 1. The lowest BCUT2D eigenvalue weighted by atomic mass is 10.2. The van der Waals surface area contributed by atoms with Crippen molar-refractivity contribution in [2.45, 2.75) is 0 Å². The molecule has 0 atom stereocenters. The summed E-state index contributed by atoms with van der Waals surface area (Å²) in [5, 5.41) is 11.1. The predicted molar refractivity (Wildman–Crippen MR) is 49.7 cm³/mol. The quantitative estimate of drug-likeness (QED) is 0.574. The van der Waals surface area contributed by atoms with E-state index in [4.69, 9.17) is 0 Å². The predicted octanol–water partition coefficient (Wildman–Crippen LogP) is 1.53. The van der Waals surface area contributed by atoms with E-state index in [0.29, 0.717) is 16.6 Å². The Hall–Kier alpha value is -2.17.